The Kier molecular flexibility index (Phi) is 5.91. The average Bonchev–Trinajstić information content (AvgIpc) is 2.69. The van der Waals surface area contributed by atoms with Crippen LogP contribution in [0.25, 0.3) is 0 Å². The molecule has 0 aliphatic carbocycles. The smallest absolute Gasteiger partial charge is 0.308 e. The van der Waals surface area contributed by atoms with Crippen molar-refractivity contribution in [2.45, 2.75) is 32.2 Å². The summed E-state index contributed by atoms with van der Waals surface area (Å²) in [5.41, 5.74) is 0.884. The highest BCUT2D eigenvalue weighted by Gasteiger charge is 2.42. The number of hydrogen-bond donors (Lipinski definition) is 1. The summed E-state index contributed by atoms with van der Waals surface area (Å²) in [5, 5.41) is 9.42. The molecule has 2 heterocycles. The molecule has 0 aromatic heterocycles. The fourth-order valence-electron chi connectivity index (χ4n) is 4.50. The Morgan fingerprint density at radius 2 is 1.86 bits per heavy atom. The van der Waals surface area contributed by atoms with Gasteiger partial charge in [0.15, 0.2) is 0 Å². The van der Waals surface area contributed by atoms with E-state index in [4.69, 9.17) is 4.74 Å². The molecule has 0 bridgehead atoms. The van der Waals surface area contributed by atoms with Gasteiger partial charge >= 0.3 is 5.97 Å². The van der Waals surface area contributed by atoms with E-state index < -0.39 is 11.9 Å². The van der Waals surface area contributed by atoms with Gasteiger partial charge in [-0.1, -0.05) is 19.1 Å². The van der Waals surface area contributed by atoms with Gasteiger partial charge in [-0.3, -0.25) is 14.4 Å². The number of carboxylic acids is 1. The number of likely N-dealkylation sites (tertiary alicyclic amines) is 2. The van der Waals surface area contributed by atoms with Gasteiger partial charge in [-0.15, -0.1) is 0 Å². The molecule has 4 atom stereocenters. The van der Waals surface area contributed by atoms with Crippen molar-refractivity contribution in [3.8, 4) is 5.75 Å². The first-order valence-corrected chi connectivity index (χ1v) is 9.73. The molecule has 152 valence electrons. The van der Waals surface area contributed by atoms with Gasteiger partial charge in [-0.2, -0.15) is 0 Å². The number of carbonyl (C=O) groups excluding carboxylic acids is 2. The molecule has 1 aromatic rings. The molecule has 3 rings (SSSR count). The Bertz CT molecular complexity index is 748. The number of aliphatic carboxylic acids is 1. The first kappa shape index (κ1) is 20.2. The maximum atomic E-state index is 13.4. The van der Waals surface area contributed by atoms with E-state index in [1.165, 1.54) is 0 Å². The van der Waals surface area contributed by atoms with Gasteiger partial charge in [0.05, 0.1) is 25.0 Å². The third-order valence-electron chi connectivity index (χ3n) is 5.96. The first-order chi connectivity index (χ1) is 13.3. The molecule has 2 aliphatic heterocycles. The molecular weight excluding hydrogens is 360 g/mol. The number of hydrogen-bond acceptors (Lipinski definition) is 4. The molecule has 4 unspecified atom stereocenters. The van der Waals surface area contributed by atoms with Crippen molar-refractivity contribution in [3.63, 3.8) is 0 Å². The van der Waals surface area contributed by atoms with Crippen LogP contribution in [0.5, 0.6) is 5.75 Å². The third-order valence-corrected chi connectivity index (χ3v) is 5.96. The summed E-state index contributed by atoms with van der Waals surface area (Å²) in [6.45, 7) is 2.78. The standard InChI is InChI=1S/C21H28N2O5/c1-13-10-15(21(26)27)12-23(11-13)20(25)17-8-9-18(24)22(2)19(17)14-4-6-16(28-3)7-5-14/h4-7,13,15,17,19H,8-12H2,1-3H3,(H,26,27). The predicted octanol–water partition coefficient (Wildman–Crippen LogP) is 2.17. The second kappa shape index (κ2) is 8.20. The molecule has 1 N–H and O–H groups in total. The molecule has 2 aliphatic rings. The van der Waals surface area contributed by atoms with Gasteiger partial charge in [0.2, 0.25) is 11.8 Å². The van der Waals surface area contributed by atoms with Crippen LogP contribution in [-0.4, -0.2) is 59.9 Å². The van der Waals surface area contributed by atoms with Gasteiger partial charge in [-0.05, 0) is 36.5 Å². The minimum absolute atomic E-state index is 0.0142. The van der Waals surface area contributed by atoms with Crippen molar-refractivity contribution in [3.05, 3.63) is 29.8 Å². The minimum Gasteiger partial charge on any atom is -0.497 e. The number of rotatable bonds is 4. The zero-order valence-electron chi connectivity index (χ0n) is 16.6. The lowest BCUT2D eigenvalue weighted by Gasteiger charge is -2.43. The highest BCUT2D eigenvalue weighted by Crippen LogP contribution is 2.38. The number of piperidine rings is 2. The highest BCUT2D eigenvalue weighted by molar-refractivity contribution is 5.85. The summed E-state index contributed by atoms with van der Waals surface area (Å²) in [6, 6.07) is 7.07. The van der Waals surface area contributed by atoms with E-state index in [0.29, 0.717) is 31.6 Å². The zero-order valence-corrected chi connectivity index (χ0v) is 16.6. The van der Waals surface area contributed by atoms with Crippen molar-refractivity contribution in [2.75, 3.05) is 27.2 Å². The quantitative estimate of drug-likeness (QED) is 0.854. The zero-order chi connectivity index (χ0) is 20.4. The van der Waals surface area contributed by atoms with Crippen molar-refractivity contribution in [2.24, 2.45) is 17.8 Å². The van der Waals surface area contributed by atoms with Gasteiger partial charge in [0.25, 0.3) is 0 Å². The Hall–Kier alpha value is -2.57. The lowest BCUT2D eigenvalue weighted by atomic mass is 9.82. The van der Waals surface area contributed by atoms with Crippen LogP contribution in [0.2, 0.25) is 0 Å². The van der Waals surface area contributed by atoms with Crippen LogP contribution in [0, 0.1) is 17.8 Å². The van der Waals surface area contributed by atoms with Crippen LogP contribution in [0.4, 0.5) is 0 Å². The van der Waals surface area contributed by atoms with Crippen LogP contribution in [0.15, 0.2) is 24.3 Å². The second-order valence-corrected chi connectivity index (χ2v) is 7.99. The summed E-state index contributed by atoms with van der Waals surface area (Å²) in [4.78, 5) is 40.6. The highest BCUT2D eigenvalue weighted by atomic mass is 16.5. The number of ether oxygens (including phenoxy) is 1. The van der Waals surface area contributed by atoms with E-state index in [1.54, 1.807) is 24.0 Å². The fraction of sp³-hybridized carbons (Fsp3) is 0.571. The molecule has 7 nitrogen and oxygen atoms in total. The van der Waals surface area contributed by atoms with Gasteiger partial charge in [-0.25, -0.2) is 0 Å². The molecule has 2 saturated heterocycles. The number of benzene rings is 1. The largest absolute Gasteiger partial charge is 0.497 e. The SMILES string of the molecule is COc1ccc(C2C(C(=O)N3CC(C)CC(C(=O)O)C3)CCC(=O)N2C)cc1. The van der Waals surface area contributed by atoms with Crippen LogP contribution < -0.4 is 4.74 Å². The number of amides is 2. The minimum atomic E-state index is -0.855. The first-order valence-electron chi connectivity index (χ1n) is 9.73. The van der Waals surface area contributed by atoms with E-state index in [1.807, 2.05) is 31.2 Å². The van der Waals surface area contributed by atoms with Crippen molar-refractivity contribution >= 4 is 17.8 Å². The van der Waals surface area contributed by atoms with E-state index in [0.717, 1.165) is 5.56 Å². The van der Waals surface area contributed by atoms with E-state index in [-0.39, 0.29) is 36.2 Å². The van der Waals surface area contributed by atoms with Gasteiger partial charge in [0.1, 0.15) is 5.75 Å². The summed E-state index contributed by atoms with van der Waals surface area (Å²) < 4.78 is 5.21. The van der Waals surface area contributed by atoms with E-state index in [2.05, 4.69) is 0 Å². The van der Waals surface area contributed by atoms with E-state index in [9.17, 15) is 19.5 Å². The molecule has 1 aromatic carbocycles. The van der Waals surface area contributed by atoms with Crippen LogP contribution in [0.1, 0.15) is 37.8 Å². The fourth-order valence-corrected chi connectivity index (χ4v) is 4.50. The number of methoxy groups -OCH3 is 1. The van der Waals surface area contributed by atoms with Crippen LogP contribution in [-0.2, 0) is 14.4 Å². The lowest BCUT2D eigenvalue weighted by molar-refractivity contribution is -0.151. The molecule has 0 spiro atoms. The molecule has 2 amide bonds. The monoisotopic (exact) mass is 388 g/mol. The topological polar surface area (TPSA) is 87.1 Å². The summed E-state index contributed by atoms with van der Waals surface area (Å²) in [5.74, 6) is -0.956. The second-order valence-electron chi connectivity index (χ2n) is 7.99. The molecule has 28 heavy (non-hydrogen) atoms. The van der Waals surface area contributed by atoms with Crippen LogP contribution >= 0.6 is 0 Å². The van der Waals surface area contributed by atoms with Crippen LogP contribution in [0.3, 0.4) is 0 Å². The Morgan fingerprint density at radius 1 is 1.18 bits per heavy atom. The lowest BCUT2D eigenvalue weighted by Crippen LogP contribution is -2.52. The Labute approximate surface area is 165 Å². The summed E-state index contributed by atoms with van der Waals surface area (Å²) >= 11 is 0. The maximum Gasteiger partial charge on any atom is 0.308 e. The molecule has 7 heteroatoms. The number of nitrogens with zero attached hydrogens (tertiary/aromatic N) is 2. The Morgan fingerprint density at radius 3 is 2.46 bits per heavy atom. The molecule has 0 saturated carbocycles. The van der Waals surface area contributed by atoms with Gasteiger partial charge in [0, 0.05) is 26.6 Å². The molecule has 0 radical (unpaired) electrons. The summed E-state index contributed by atoms with van der Waals surface area (Å²) in [6.07, 6.45) is 1.39. The molecular formula is C21H28N2O5. The normalized spacial score (nSPS) is 28.2. The average molecular weight is 388 g/mol. The maximum absolute atomic E-state index is 13.4. The predicted molar refractivity (Wildman–Crippen MR) is 103 cm³/mol. The third kappa shape index (κ3) is 3.98. The van der Waals surface area contributed by atoms with Crippen molar-refractivity contribution in [1.82, 2.24) is 9.80 Å². The summed E-state index contributed by atoms with van der Waals surface area (Å²) in [7, 11) is 3.32. The van der Waals surface area contributed by atoms with Gasteiger partial charge < -0.3 is 19.6 Å². The Balaban J connectivity index is 1.87. The number of carboxylic acid groups (broad SMARTS) is 1. The van der Waals surface area contributed by atoms with Crippen molar-refractivity contribution < 1.29 is 24.2 Å². The molecule has 2 fully saturated rings. The number of carbonyl (C=O) groups is 3. The van der Waals surface area contributed by atoms with Crippen molar-refractivity contribution in [1.29, 1.82) is 0 Å². The van der Waals surface area contributed by atoms with E-state index >= 15 is 0 Å².